The lowest BCUT2D eigenvalue weighted by Gasteiger charge is -2.08. The van der Waals surface area contributed by atoms with Crippen molar-refractivity contribution in [3.63, 3.8) is 0 Å². The third-order valence-corrected chi connectivity index (χ3v) is 5.26. The summed E-state index contributed by atoms with van der Waals surface area (Å²) < 4.78 is 5.14. The number of nitrogens with one attached hydrogen (secondary N) is 1. The molecule has 5 nitrogen and oxygen atoms in total. The van der Waals surface area contributed by atoms with Gasteiger partial charge in [0.1, 0.15) is 17.4 Å². The number of nitriles is 1. The highest BCUT2D eigenvalue weighted by atomic mass is 35.5. The molecule has 0 aliphatic heterocycles. The minimum atomic E-state index is -0.483. The Morgan fingerprint density at radius 2 is 1.96 bits per heavy atom. The number of ether oxygens (including phenoxy) is 1. The van der Waals surface area contributed by atoms with Crippen LogP contribution >= 0.6 is 35.0 Å². The Balaban J connectivity index is 1.94. The second kappa shape index (κ2) is 8.49. The zero-order valence-corrected chi connectivity index (χ0v) is 16.5. The van der Waals surface area contributed by atoms with Crippen molar-refractivity contribution in [1.82, 2.24) is 9.97 Å². The summed E-state index contributed by atoms with van der Waals surface area (Å²) in [6, 6.07) is 14.2. The van der Waals surface area contributed by atoms with Crippen LogP contribution in [-0.2, 0) is 5.75 Å². The van der Waals surface area contributed by atoms with Crippen LogP contribution < -0.4 is 10.3 Å². The molecule has 8 heteroatoms. The van der Waals surface area contributed by atoms with Crippen LogP contribution in [0.4, 0.5) is 0 Å². The molecule has 3 rings (SSSR count). The van der Waals surface area contributed by atoms with Crippen LogP contribution in [-0.4, -0.2) is 17.1 Å². The molecule has 27 heavy (non-hydrogen) atoms. The Morgan fingerprint density at radius 3 is 2.59 bits per heavy atom. The average Bonchev–Trinajstić information content (AvgIpc) is 2.67. The van der Waals surface area contributed by atoms with Crippen molar-refractivity contribution in [2.45, 2.75) is 10.9 Å². The summed E-state index contributed by atoms with van der Waals surface area (Å²) in [5, 5.41) is 10.8. The first-order valence-electron chi connectivity index (χ1n) is 7.77. The molecular weight excluding hydrogens is 405 g/mol. The van der Waals surface area contributed by atoms with Crippen molar-refractivity contribution < 1.29 is 4.74 Å². The number of hydrogen-bond donors (Lipinski definition) is 1. The minimum absolute atomic E-state index is 0.0333. The van der Waals surface area contributed by atoms with E-state index in [-0.39, 0.29) is 5.56 Å². The summed E-state index contributed by atoms with van der Waals surface area (Å²) in [6.45, 7) is 0. The van der Waals surface area contributed by atoms with E-state index in [4.69, 9.17) is 27.9 Å². The van der Waals surface area contributed by atoms with Crippen LogP contribution in [0.1, 0.15) is 11.1 Å². The molecule has 0 aliphatic rings. The Hall–Kier alpha value is -2.46. The van der Waals surface area contributed by atoms with E-state index < -0.39 is 5.56 Å². The third-order valence-electron chi connectivity index (χ3n) is 3.75. The van der Waals surface area contributed by atoms with Crippen LogP contribution in [0.15, 0.2) is 52.4 Å². The van der Waals surface area contributed by atoms with E-state index >= 15 is 0 Å². The van der Waals surface area contributed by atoms with Gasteiger partial charge in [0.2, 0.25) is 0 Å². The number of H-pyrrole nitrogens is 1. The Kier molecular flexibility index (Phi) is 6.07. The topological polar surface area (TPSA) is 78.8 Å². The van der Waals surface area contributed by atoms with E-state index in [9.17, 15) is 10.1 Å². The molecule has 0 radical (unpaired) electrons. The molecule has 0 fully saturated rings. The zero-order chi connectivity index (χ0) is 19.4. The molecule has 0 amide bonds. The van der Waals surface area contributed by atoms with Gasteiger partial charge in [-0.25, -0.2) is 4.98 Å². The van der Waals surface area contributed by atoms with Crippen LogP contribution in [0, 0.1) is 11.3 Å². The number of rotatable bonds is 5. The molecule has 0 unspecified atom stereocenters. The number of aromatic amines is 1. The lowest BCUT2D eigenvalue weighted by molar-refractivity contribution is 0.415. The minimum Gasteiger partial charge on any atom is -0.497 e. The SMILES string of the molecule is COc1ccc(-c2nc(SCc3ccc(Cl)cc3Cl)[nH]c(=O)c2C#N)cc1. The Morgan fingerprint density at radius 1 is 1.22 bits per heavy atom. The second-order valence-corrected chi connectivity index (χ2v) is 7.27. The molecule has 1 heterocycles. The van der Waals surface area contributed by atoms with Crippen molar-refractivity contribution in [3.05, 3.63) is 74.0 Å². The number of thioether (sulfide) groups is 1. The van der Waals surface area contributed by atoms with Gasteiger partial charge >= 0.3 is 0 Å². The maximum Gasteiger partial charge on any atom is 0.270 e. The quantitative estimate of drug-likeness (QED) is 0.470. The largest absolute Gasteiger partial charge is 0.497 e. The maximum absolute atomic E-state index is 12.3. The van der Waals surface area contributed by atoms with Gasteiger partial charge in [0.15, 0.2) is 5.16 Å². The summed E-state index contributed by atoms with van der Waals surface area (Å²) in [5.41, 5.74) is 1.33. The predicted octanol–water partition coefficient (Wildman–Crippen LogP) is 4.92. The highest BCUT2D eigenvalue weighted by molar-refractivity contribution is 7.98. The highest BCUT2D eigenvalue weighted by Gasteiger charge is 2.14. The van der Waals surface area contributed by atoms with Crippen LogP contribution in [0.3, 0.4) is 0 Å². The molecule has 0 saturated heterocycles. The summed E-state index contributed by atoms with van der Waals surface area (Å²) in [5.74, 6) is 1.17. The molecular formula is C19H13Cl2N3O2S. The first kappa shape index (κ1) is 19.3. The number of hydrogen-bond acceptors (Lipinski definition) is 5. The molecule has 1 N–H and O–H groups in total. The Bertz CT molecular complexity index is 1080. The fourth-order valence-electron chi connectivity index (χ4n) is 2.37. The smallest absolute Gasteiger partial charge is 0.270 e. The first-order valence-corrected chi connectivity index (χ1v) is 9.51. The van der Waals surface area contributed by atoms with E-state index in [0.29, 0.717) is 38.0 Å². The van der Waals surface area contributed by atoms with Crippen LogP contribution in [0.5, 0.6) is 5.75 Å². The molecule has 0 aliphatic carbocycles. The third kappa shape index (κ3) is 4.45. The lowest BCUT2D eigenvalue weighted by atomic mass is 10.1. The fraction of sp³-hybridized carbons (Fsp3) is 0.105. The van der Waals surface area contributed by atoms with E-state index in [0.717, 1.165) is 5.56 Å². The summed E-state index contributed by atoms with van der Waals surface area (Å²) in [4.78, 5) is 19.4. The number of benzene rings is 2. The molecule has 2 aromatic carbocycles. The van der Waals surface area contributed by atoms with Crippen molar-refractivity contribution in [3.8, 4) is 23.1 Å². The number of methoxy groups -OCH3 is 1. The maximum atomic E-state index is 12.3. The van der Waals surface area contributed by atoms with Crippen molar-refractivity contribution in [2.75, 3.05) is 7.11 Å². The van der Waals surface area contributed by atoms with Gasteiger partial charge < -0.3 is 9.72 Å². The van der Waals surface area contributed by atoms with Gasteiger partial charge in [0.25, 0.3) is 5.56 Å². The van der Waals surface area contributed by atoms with Crippen LogP contribution in [0.25, 0.3) is 11.3 Å². The lowest BCUT2D eigenvalue weighted by Crippen LogP contribution is -2.14. The fourth-order valence-corrected chi connectivity index (χ4v) is 3.79. The molecule has 0 saturated carbocycles. The molecule has 1 aromatic heterocycles. The predicted molar refractivity (Wildman–Crippen MR) is 108 cm³/mol. The average molecular weight is 418 g/mol. The summed E-state index contributed by atoms with van der Waals surface area (Å²) in [7, 11) is 1.57. The number of halogens is 2. The first-order chi connectivity index (χ1) is 13.0. The van der Waals surface area contributed by atoms with Crippen LogP contribution in [0.2, 0.25) is 10.0 Å². The van der Waals surface area contributed by atoms with Gasteiger partial charge in [0.05, 0.1) is 12.8 Å². The Labute approximate surface area is 169 Å². The van der Waals surface area contributed by atoms with Gasteiger partial charge in [-0.15, -0.1) is 0 Å². The van der Waals surface area contributed by atoms with Crippen molar-refractivity contribution in [2.24, 2.45) is 0 Å². The van der Waals surface area contributed by atoms with Crippen molar-refractivity contribution in [1.29, 1.82) is 5.26 Å². The standard InChI is InChI=1S/C19H13Cl2N3O2S/c1-26-14-6-3-11(4-7-14)17-15(9-22)18(25)24-19(23-17)27-10-12-2-5-13(20)8-16(12)21/h2-8H,10H2,1H3,(H,23,24,25). The highest BCUT2D eigenvalue weighted by Crippen LogP contribution is 2.28. The molecule has 136 valence electrons. The van der Waals surface area contributed by atoms with Gasteiger partial charge in [-0.05, 0) is 42.0 Å². The zero-order valence-electron chi connectivity index (χ0n) is 14.1. The molecule has 0 atom stereocenters. The second-order valence-electron chi connectivity index (χ2n) is 5.46. The van der Waals surface area contributed by atoms with E-state index in [1.54, 1.807) is 43.5 Å². The molecule has 3 aromatic rings. The molecule has 0 spiro atoms. The van der Waals surface area contributed by atoms with E-state index in [2.05, 4.69) is 9.97 Å². The van der Waals surface area contributed by atoms with E-state index in [1.165, 1.54) is 11.8 Å². The number of aromatic nitrogens is 2. The normalized spacial score (nSPS) is 10.4. The van der Waals surface area contributed by atoms with Gasteiger partial charge in [-0.3, -0.25) is 4.79 Å². The van der Waals surface area contributed by atoms with E-state index in [1.807, 2.05) is 12.1 Å². The van der Waals surface area contributed by atoms with Gasteiger partial charge in [-0.1, -0.05) is 41.0 Å². The van der Waals surface area contributed by atoms with Gasteiger partial charge in [0, 0.05) is 21.4 Å². The van der Waals surface area contributed by atoms with Crippen molar-refractivity contribution >= 4 is 35.0 Å². The monoisotopic (exact) mass is 417 g/mol. The summed E-state index contributed by atoms with van der Waals surface area (Å²) in [6.07, 6.45) is 0. The van der Waals surface area contributed by atoms with Gasteiger partial charge in [-0.2, -0.15) is 5.26 Å². The summed E-state index contributed by atoms with van der Waals surface area (Å²) >= 11 is 13.4. The number of nitrogens with zero attached hydrogens (tertiary/aromatic N) is 2. The molecule has 0 bridgehead atoms.